The Balaban J connectivity index is 4.19. The standard InChI is InChI=1S/C6H13F2NO3S/c1-5(2)13(11,12)9-3-6(7,8)4-10/h5,9-10H,3-4H2,1-2H3. The van der Waals surface area contributed by atoms with Crippen LogP contribution >= 0.6 is 0 Å². The molecule has 0 atom stereocenters. The number of halogens is 2. The minimum Gasteiger partial charge on any atom is -0.390 e. The highest BCUT2D eigenvalue weighted by atomic mass is 32.2. The Morgan fingerprint density at radius 3 is 2.23 bits per heavy atom. The highest BCUT2D eigenvalue weighted by molar-refractivity contribution is 7.90. The maximum absolute atomic E-state index is 12.4. The summed E-state index contributed by atoms with van der Waals surface area (Å²) in [7, 11) is -3.68. The molecule has 0 saturated heterocycles. The Kier molecular flexibility index (Phi) is 4.21. The molecule has 0 rings (SSSR count). The van der Waals surface area contributed by atoms with Crippen LogP contribution in [0.3, 0.4) is 0 Å². The molecule has 7 heteroatoms. The minimum atomic E-state index is -3.68. The average molecular weight is 217 g/mol. The third-order valence-corrected chi connectivity index (χ3v) is 3.17. The van der Waals surface area contributed by atoms with Crippen LogP contribution in [-0.2, 0) is 10.0 Å². The van der Waals surface area contributed by atoms with Crippen LogP contribution in [0.25, 0.3) is 0 Å². The highest BCUT2D eigenvalue weighted by Gasteiger charge is 2.30. The van der Waals surface area contributed by atoms with Crippen molar-refractivity contribution >= 4 is 10.0 Å². The molecule has 4 nitrogen and oxygen atoms in total. The summed E-state index contributed by atoms with van der Waals surface area (Å²) in [5, 5.41) is 7.38. The first-order valence-electron chi connectivity index (χ1n) is 3.68. The summed E-state index contributed by atoms with van der Waals surface area (Å²) in [6.45, 7) is 0.316. The first kappa shape index (κ1) is 12.7. The molecule has 0 fully saturated rings. The summed E-state index contributed by atoms with van der Waals surface area (Å²) < 4.78 is 48.4. The number of nitrogens with one attached hydrogen (secondary N) is 1. The molecular weight excluding hydrogens is 204 g/mol. The molecule has 13 heavy (non-hydrogen) atoms. The van der Waals surface area contributed by atoms with Gasteiger partial charge < -0.3 is 5.11 Å². The van der Waals surface area contributed by atoms with Crippen LogP contribution in [0.5, 0.6) is 0 Å². The van der Waals surface area contributed by atoms with Gasteiger partial charge in [-0.05, 0) is 13.8 Å². The smallest absolute Gasteiger partial charge is 0.283 e. The van der Waals surface area contributed by atoms with Gasteiger partial charge in [-0.1, -0.05) is 0 Å². The summed E-state index contributed by atoms with van der Waals surface area (Å²) in [6, 6.07) is 0. The van der Waals surface area contributed by atoms with Crippen molar-refractivity contribution < 1.29 is 22.3 Å². The van der Waals surface area contributed by atoms with Gasteiger partial charge in [0.05, 0.1) is 11.8 Å². The number of alkyl halides is 2. The van der Waals surface area contributed by atoms with Gasteiger partial charge in [-0.3, -0.25) is 0 Å². The van der Waals surface area contributed by atoms with Crippen molar-refractivity contribution in [2.75, 3.05) is 13.2 Å². The number of rotatable bonds is 5. The summed E-state index contributed by atoms with van der Waals surface area (Å²) in [6.07, 6.45) is 0. The second-order valence-corrected chi connectivity index (χ2v) is 5.25. The molecule has 0 aliphatic heterocycles. The lowest BCUT2D eigenvalue weighted by Gasteiger charge is -2.15. The molecule has 0 unspecified atom stereocenters. The van der Waals surface area contributed by atoms with Gasteiger partial charge in [0.2, 0.25) is 10.0 Å². The van der Waals surface area contributed by atoms with Gasteiger partial charge in [-0.25, -0.2) is 21.9 Å². The number of hydrogen-bond acceptors (Lipinski definition) is 3. The Labute approximate surface area is 76.0 Å². The van der Waals surface area contributed by atoms with Crippen molar-refractivity contribution in [3.8, 4) is 0 Å². The summed E-state index contributed by atoms with van der Waals surface area (Å²) in [5.41, 5.74) is 0. The monoisotopic (exact) mass is 217 g/mol. The number of sulfonamides is 1. The maximum atomic E-state index is 12.4. The molecule has 0 radical (unpaired) electrons. The highest BCUT2D eigenvalue weighted by Crippen LogP contribution is 2.11. The van der Waals surface area contributed by atoms with Crippen LogP contribution in [-0.4, -0.2) is 37.8 Å². The molecule has 0 bridgehead atoms. The van der Waals surface area contributed by atoms with E-state index in [0.29, 0.717) is 0 Å². The van der Waals surface area contributed by atoms with Crippen LogP contribution in [0.15, 0.2) is 0 Å². The number of aliphatic hydroxyl groups excluding tert-OH is 1. The molecule has 2 N–H and O–H groups in total. The zero-order chi connectivity index (χ0) is 10.7. The van der Waals surface area contributed by atoms with E-state index in [1.807, 2.05) is 0 Å². The molecule has 0 aliphatic rings. The van der Waals surface area contributed by atoms with Crippen molar-refractivity contribution in [3.63, 3.8) is 0 Å². The van der Waals surface area contributed by atoms with Crippen LogP contribution in [0.4, 0.5) is 8.78 Å². The van der Waals surface area contributed by atoms with E-state index in [1.54, 1.807) is 4.72 Å². The average Bonchev–Trinajstić information content (AvgIpc) is 2.01. The van der Waals surface area contributed by atoms with Crippen molar-refractivity contribution in [1.29, 1.82) is 0 Å². The number of aliphatic hydroxyl groups is 1. The van der Waals surface area contributed by atoms with Gasteiger partial charge in [-0.15, -0.1) is 0 Å². The van der Waals surface area contributed by atoms with E-state index in [0.717, 1.165) is 0 Å². The fourth-order valence-electron chi connectivity index (χ4n) is 0.429. The third-order valence-electron chi connectivity index (χ3n) is 1.38. The van der Waals surface area contributed by atoms with Crippen molar-refractivity contribution in [2.24, 2.45) is 0 Å². The molecule has 0 amide bonds. The largest absolute Gasteiger partial charge is 0.390 e. The molecule has 80 valence electrons. The molecular formula is C6H13F2NO3S. The topological polar surface area (TPSA) is 66.4 Å². The lowest BCUT2D eigenvalue weighted by atomic mass is 10.4. The van der Waals surface area contributed by atoms with E-state index in [-0.39, 0.29) is 0 Å². The van der Waals surface area contributed by atoms with Crippen LogP contribution in [0.1, 0.15) is 13.8 Å². The van der Waals surface area contributed by atoms with Crippen molar-refractivity contribution in [2.45, 2.75) is 25.0 Å². The molecule has 0 aromatic carbocycles. The Morgan fingerprint density at radius 1 is 1.46 bits per heavy atom. The van der Waals surface area contributed by atoms with E-state index in [4.69, 9.17) is 5.11 Å². The lowest BCUT2D eigenvalue weighted by molar-refractivity contribution is -0.0437. The fourth-order valence-corrected chi connectivity index (χ4v) is 1.17. The zero-order valence-corrected chi connectivity index (χ0v) is 8.24. The first-order valence-corrected chi connectivity index (χ1v) is 5.23. The summed E-state index contributed by atoms with van der Waals surface area (Å²) in [4.78, 5) is 0. The zero-order valence-electron chi connectivity index (χ0n) is 7.42. The Hall–Kier alpha value is -0.270. The first-order chi connectivity index (χ1) is 5.71. The van der Waals surface area contributed by atoms with Gasteiger partial charge in [0.25, 0.3) is 5.92 Å². The van der Waals surface area contributed by atoms with Gasteiger partial charge >= 0.3 is 0 Å². The second-order valence-electron chi connectivity index (χ2n) is 2.93. The van der Waals surface area contributed by atoms with Gasteiger partial charge in [0.15, 0.2) is 0 Å². The quantitative estimate of drug-likeness (QED) is 0.678. The fraction of sp³-hybridized carbons (Fsp3) is 1.00. The molecule has 0 saturated carbocycles. The third kappa shape index (κ3) is 4.49. The Bertz CT molecular complexity index is 251. The minimum absolute atomic E-state index is 0.762. The molecule has 0 spiro atoms. The molecule has 0 aliphatic carbocycles. The summed E-state index contributed by atoms with van der Waals surface area (Å²) >= 11 is 0. The van der Waals surface area contributed by atoms with E-state index < -0.39 is 34.3 Å². The summed E-state index contributed by atoms with van der Waals surface area (Å²) in [5.74, 6) is -3.40. The predicted octanol–water partition coefficient (Wildman–Crippen LogP) is -0.0582. The van der Waals surface area contributed by atoms with E-state index in [1.165, 1.54) is 13.8 Å². The van der Waals surface area contributed by atoms with Crippen molar-refractivity contribution in [3.05, 3.63) is 0 Å². The molecule has 0 heterocycles. The van der Waals surface area contributed by atoms with Crippen LogP contribution < -0.4 is 4.72 Å². The van der Waals surface area contributed by atoms with Gasteiger partial charge in [0, 0.05) is 0 Å². The molecule has 0 aromatic heterocycles. The van der Waals surface area contributed by atoms with Crippen LogP contribution in [0.2, 0.25) is 0 Å². The van der Waals surface area contributed by atoms with E-state index in [9.17, 15) is 17.2 Å². The van der Waals surface area contributed by atoms with E-state index >= 15 is 0 Å². The lowest BCUT2D eigenvalue weighted by Crippen LogP contribution is -2.41. The van der Waals surface area contributed by atoms with E-state index in [2.05, 4.69) is 0 Å². The van der Waals surface area contributed by atoms with Gasteiger partial charge in [0.1, 0.15) is 6.61 Å². The normalized spacial score (nSPS) is 13.7. The number of hydrogen-bond donors (Lipinski definition) is 2. The SMILES string of the molecule is CC(C)S(=O)(=O)NCC(F)(F)CO. The second kappa shape index (κ2) is 4.30. The van der Waals surface area contributed by atoms with Crippen LogP contribution in [0, 0.1) is 0 Å². The molecule has 0 aromatic rings. The maximum Gasteiger partial charge on any atom is 0.283 e. The predicted molar refractivity (Wildman–Crippen MR) is 44.1 cm³/mol. The van der Waals surface area contributed by atoms with Gasteiger partial charge in [-0.2, -0.15) is 0 Å². The van der Waals surface area contributed by atoms with Crippen molar-refractivity contribution in [1.82, 2.24) is 4.72 Å². The Morgan fingerprint density at radius 2 is 1.92 bits per heavy atom.